The fourth-order valence-corrected chi connectivity index (χ4v) is 4.86. The third-order valence-corrected chi connectivity index (χ3v) is 7.03. The normalized spacial score (nSPS) is 20.9. The van der Waals surface area contributed by atoms with Crippen LogP contribution in [0.4, 0.5) is 18.0 Å². The predicted molar refractivity (Wildman–Crippen MR) is 122 cm³/mol. The average Bonchev–Trinajstić information content (AvgIpc) is 2.95. The van der Waals surface area contributed by atoms with Crippen molar-refractivity contribution in [3.05, 3.63) is 39.7 Å². The summed E-state index contributed by atoms with van der Waals surface area (Å²) in [5, 5.41) is 2.67. The lowest BCUT2D eigenvalue weighted by molar-refractivity contribution is -0.136. The zero-order valence-electron chi connectivity index (χ0n) is 19.8. The number of imide groups is 1. The number of aryl methyl sites for hydroxylation is 1. The number of amides is 3. The molecule has 1 unspecified atom stereocenters. The molecule has 1 N–H and O–H groups in total. The first-order valence-corrected chi connectivity index (χ1v) is 12.0. The number of ether oxygens (including phenoxy) is 1. The average molecular weight is 495 g/mol. The molecule has 1 aliphatic carbocycles. The molecule has 4 rings (SSSR count). The van der Waals surface area contributed by atoms with Crippen molar-refractivity contribution in [1.29, 1.82) is 0 Å². The maximum Gasteiger partial charge on any atom is 0.417 e. The number of hydrogen-bond donors (Lipinski definition) is 1. The quantitative estimate of drug-likeness (QED) is 0.300. The summed E-state index contributed by atoms with van der Waals surface area (Å²) in [6.45, 7) is 4.15. The molecule has 1 aromatic carbocycles. The Kier molecular flexibility index (Phi) is 6.83. The van der Waals surface area contributed by atoms with E-state index in [9.17, 15) is 27.6 Å². The Labute approximate surface area is 200 Å². The van der Waals surface area contributed by atoms with Gasteiger partial charge in [0.25, 0.3) is 5.91 Å². The Morgan fingerprint density at radius 1 is 1.20 bits per heavy atom. The van der Waals surface area contributed by atoms with E-state index in [0.717, 1.165) is 19.3 Å². The summed E-state index contributed by atoms with van der Waals surface area (Å²) in [7, 11) is 0. The number of carbonyl (C=O) groups excluding carboxylic acids is 2. The fourth-order valence-electron chi connectivity index (χ4n) is 4.86. The monoisotopic (exact) mass is 494 g/mol. The van der Waals surface area contributed by atoms with Crippen LogP contribution in [0.3, 0.4) is 0 Å². The summed E-state index contributed by atoms with van der Waals surface area (Å²) in [6, 6.07) is 2.80. The molecule has 0 spiro atoms. The van der Waals surface area contributed by atoms with E-state index < -0.39 is 22.9 Å². The number of nitrogens with one attached hydrogen (secondary N) is 1. The second-order valence-electron chi connectivity index (χ2n) is 9.42. The van der Waals surface area contributed by atoms with Crippen molar-refractivity contribution in [3.8, 4) is 5.75 Å². The van der Waals surface area contributed by atoms with Crippen LogP contribution in [0.25, 0.3) is 11.0 Å². The van der Waals surface area contributed by atoms with Crippen LogP contribution in [-0.2, 0) is 17.4 Å². The lowest BCUT2D eigenvalue weighted by Gasteiger charge is -2.37. The molecular weight excluding hydrogens is 465 g/mol. The van der Waals surface area contributed by atoms with Gasteiger partial charge in [-0.15, -0.1) is 0 Å². The maximum absolute atomic E-state index is 13.4. The largest absolute Gasteiger partial charge is 0.493 e. The van der Waals surface area contributed by atoms with Gasteiger partial charge in [0.05, 0.1) is 12.2 Å². The number of alkyl halides is 3. The zero-order chi connectivity index (χ0) is 25.4. The van der Waals surface area contributed by atoms with E-state index in [2.05, 4.69) is 5.32 Å². The molecule has 7 nitrogen and oxygen atoms in total. The third kappa shape index (κ3) is 4.75. The zero-order valence-corrected chi connectivity index (χ0v) is 19.8. The first kappa shape index (κ1) is 25.1. The van der Waals surface area contributed by atoms with Crippen LogP contribution in [0.15, 0.2) is 27.4 Å². The van der Waals surface area contributed by atoms with Crippen molar-refractivity contribution in [1.82, 2.24) is 10.2 Å². The molecule has 1 saturated carbocycles. The van der Waals surface area contributed by atoms with Gasteiger partial charge in [-0.1, -0.05) is 19.8 Å². The van der Waals surface area contributed by atoms with Gasteiger partial charge in [-0.05, 0) is 57.1 Å². The van der Waals surface area contributed by atoms with Gasteiger partial charge in [0, 0.05) is 23.6 Å². The van der Waals surface area contributed by atoms with Crippen LogP contribution in [-0.4, -0.2) is 35.5 Å². The first-order valence-electron chi connectivity index (χ1n) is 12.0. The van der Waals surface area contributed by atoms with E-state index >= 15 is 0 Å². The van der Waals surface area contributed by atoms with Crippen molar-refractivity contribution < 1.29 is 31.9 Å². The van der Waals surface area contributed by atoms with E-state index in [1.807, 2.05) is 6.92 Å². The predicted octanol–water partition coefficient (Wildman–Crippen LogP) is 5.03. The van der Waals surface area contributed by atoms with E-state index in [0.29, 0.717) is 43.1 Å². The maximum atomic E-state index is 13.4. The van der Waals surface area contributed by atoms with Gasteiger partial charge in [-0.3, -0.25) is 9.69 Å². The SMILES string of the molecule is CCCc1c(OCCCCN2C(=O)NC(C)(C3CCC3)C2=O)ccc2c(C(F)(F)F)cc(=O)oc12. The number of hydrogen-bond acceptors (Lipinski definition) is 5. The number of unbranched alkanes of at least 4 members (excludes halogenated alkanes) is 1. The molecule has 2 fully saturated rings. The summed E-state index contributed by atoms with van der Waals surface area (Å²) < 4.78 is 51.3. The molecular formula is C25H29F3N2O5. The highest BCUT2D eigenvalue weighted by molar-refractivity contribution is 6.07. The van der Waals surface area contributed by atoms with Crippen molar-refractivity contribution in [2.75, 3.05) is 13.2 Å². The van der Waals surface area contributed by atoms with Gasteiger partial charge < -0.3 is 14.5 Å². The number of rotatable bonds is 9. The van der Waals surface area contributed by atoms with E-state index in [1.165, 1.54) is 17.0 Å². The molecule has 0 radical (unpaired) electrons. The molecule has 1 aromatic heterocycles. The summed E-state index contributed by atoms with van der Waals surface area (Å²) in [4.78, 5) is 38.3. The fraction of sp³-hybridized carbons (Fsp3) is 0.560. The molecule has 2 aromatic rings. The Hall–Kier alpha value is -3.04. The number of benzene rings is 1. The van der Waals surface area contributed by atoms with Gasteiger partial charge in [0.2, 0.25) is 0 Å². The van der Waals surface area contributed by atoms with Crippen molar-refractivity contribution in [2.24, 2.45) is 5.92 Å². The van der Waals surface area contributed by atoms with E-state index in [4.69, 9.17) is 9.15 Å². The molecule has 35 heavy (non-hydrogen) atoms. The van der Waals surface area contributed by atoms with Crippen molar-refractivity contribution in [2.45, 2.75) is 70.5 Å². The molecule has 2 aliphatic rings. The van der Waals surface area contributed by atoms with E-state index in [1.54, 1.807) is 6.92 Å². The van der Waals surface area contributed by atoms with Crippen LogP contribution in [0.1, 0.15) is 63.5 Å². The van der Waals surface area contributed by atoms with Crippen LogP contribution in [0, 0.1) is 5.92 Å². The summed E-state index contributed by atoms with van der Waals surface area (Å²) in [5.41, 5.74) is -2.63. The minimum absolute atomic E-state index is 0.112. The van der Waals surface area contributed by atoms with Gasteiger partial charge in [0.15, 0.2) is 0 Å². The number of nitrogens with zero attached hydrogens (tertiary/aromatic N) is 1. The first-order chi connectivity index (χ1) is 16.6. The Balaban J connectivity index is 1.41. The van der Waals surface area contributed by atoms with Crippen LogP contribution >= 0.6 is 0 Å². The molecule has 10 heteroatoms. The molecule has 3 amide bonds. The van der Waals surface area contributed by atoms with Gasteiger partial charge in [0.1, 0.15) is 16.9 Å². The summed E-state index contributed by atoms with van der Waals surface area (Å²) in [6.07, 6.45) is 0.267. The molecule has 0 bridgehead atoms. The summed E-state index contributed by atoms with van der Waals surface area (Å²) >= 11 is 0. The van der Waals surface area contributed by atoms with Gasteiger partial charge in [-0.2, -0.15) is 13.2 Å². The molecule has 2 heterocycles. The number of fused-ring (bicyclic) bond motifs is 1. The topological polar surface area (TPSA) is 88.9 Å². The Morgan fingerprint density at radius 2 is 1.94 bits per heavy atom. The van der Waals surface area contributed by atoms with Gasteiger partial charge >= 0.3 is 17.8 Å². The highest BCUT2D eigenvalue weighted by atomic mass is 19.4. The standard InChI is InChI=1S/C25H29F3N2O5/c1-3-7-17-19(11-10-16-18(25(26,27)28)14-20(31)35-21(16)17)34-13-5-4-12-30-22(32)24(2,29-23(30)33)15-8-6-9-15/h10-11,14-15H,3-9,12-13H2,1-2H3,(H,29,33). The molecule has 1 saturated heterocycles. The van der Waals surface area contributed by atoms with Crippen molar-refractivity contribution in [3.63, 3.8) is 0 Å². The minimum Gasteiger partial charge on any atom is -0.493 e. The van der Waals surface area contributed by atoms with Crippen LogP contribution in [0.2, 0.25) is 0 Å². The minimum atomic E-state index is -4.69. The second kappa shape index (κ2) is 9.54. The Morgan fingerprint density at radius 3 is 2.57 bits per heavy atom. The lowest BCUT2D eigenvalue weighted by atomic mass is 9.71. The number of urea groups is 1. The number of carbonyl (C=O) groups is 2. The van der Waals surface area contributed by atoms with E-state index in [-0.39, 0.29) is 42.0 Å². The summed E-state index contributed by atoms with van der Waals surface area (Å²) in [5.74, 6) is 0.341. The smallest absolute Gasteiger partial charge is 0.417 e. The molecule has 1 aliphatic heterocycles. The molecule has 190 valence electrons. The van der Waals surface area contributed by atoms with Gasteiger partial charge in [-0.25, -0.2) is 9.59 Å². The third-order valence-electron chi connectivity index (χ3n) is 7.03. The second-order valence-corrected chi connectivity index (χ2v) is 9.42. The lowest BCUT2D eigenvalue weighted by Crippen LogP contribution is -2.52. The highest BCUT2D eigenvalue weighted by Crippen LogP contribution is 2.40. The molecule has 1 atom stereocenters. The number of halogens is 3. The highest BCUT2D eigenvalue weighted by Gasteiger charge is 2.53. The Bertz CT molecular complexity index is 1190. The van der Waals surface area contributed by atoms with Crippen LogP contribution in [0.5, 0.6) is 5.75 Å². The van der Waals surface area contributed by atoms with Crippen molar-refractivity contribution >= 4 is 22.9 Å². The van der Waals surface area contributed by atoms with Crippen LogP contribution < -0.4 is 15.7 Å².